The van der Waals surface area contributed by atoms with Crippen molar-refractivity contribution in [2.45, 2.75) is 20.4 Å². The van der Waals surface area contributed by atoms with Crippen molar-refractivity contribution < 1.29 is 0 Å². The van der Waals surface area contributed by atoms with Crippen LogP contribution in [0.25, 0.3) is 21.6 Å². The van der Waals surface area contributed by atoms with Gasteiger partial charge in [-0.2, -0.15) is 0 Å². The minimum absolute atomic E-state index is 0.477. The maximum atomic E-state index is 5.67. The van der Waals surface area contributed by atoms with E-state index in [9.17, 15) is 0 Å². The lowest BCUT2D eigenvalue weighted by atomic mass is 10.1. The molecule has 0 spiro atoms. The van der Waals surface area contributed by atoms with E-state index in [1.54, 1.807) is 0 Å². The van der Waals surface area contributed by atoms with Crippen LogP contribution >= 0.6 is 11.3 Å². The van der Waals surface area contributed by atoms with Gasteiger partial charge >= 0.3 is 0 Å². The number of aryl methyl sites for hydroxylation is 2. The van der Waals surface area contributed by atoms with Gasteiger partial charge in [0.15, 0.2) is 0 Å². The lowest BCUT2D eigenvalue weighted by Crippen LogP contribution is -1.98. The van der Waals surface area contributed by atoms with Gasteiger partial charge < -0.3 is 10.3 Å². The van der Waals surface area contributed by atoms with Crippen LogP contribution in [0, 0.1) is 13.8 Å². The molecule has 2 aromatic carbocycles. The van der Waals surface area contributed by atoms with Gasteiger partial charge in [0.2, 0.25) is 5.13 Å². The van der Waals surface area contributed by atoms with Crippen molar-refractivity contribution in [3.63, 3.8) is 0 Å². The van der Waals surface area contributed by atoms with Crippen LogP contribution < -0.4 is 5.73 Å². The van der Waals surface area contributed by atoms with Crippen molar-refractivity contribution in [3.05, 3.63) is 59.4 Å². The highest BCUT2D eigenvalue weighted by Crippen LogP contribution is 2.27. The molecule has 0 saturated heterocycles. The molecule has 5 nitrogen and oxygen atoms in total. The first-order chi connectivity index (χ1) is 11.6. The second-order valence-corrected chi connectivity index (χ2v) is 6.95. The van der Waals surface area contributed by atoms with Crippen molar-refractivity contribution in [2.75, 3.05) is 5.73 Å². The topological polar surface area (TPSA) is 69.6 Å². The zero-order chi connectivity index (χ0) is 16.7. The third kappa shape index (κ3) is 2.65. The van der Waals surface area contributed by atoms with E-state index in [1.165, 1.54) is 28.0 Å². The Morgan fingerprint density at radius 3 is 2.67 bits per heavy atom. The van der Waals surface area contributed by atoms with Crippen LogP contribution in [-0.2, 0) is 6.54 Å². The normalized spacial score (nSPS) is 11.2. The summed E-state index contributed by atoms with van der Waals surface area (Å²) < 4.78 is 2.16. The van der Waals surface area contributed by atoms with Crippen molar-refractivity contribution in [2.24, 2.45) is 0 Å². The molecule has 120 valence electrons. The molecule has 4 aromatic rings. The van der Waals surface area contributed by atoms with Crippen LogP contribution in [0.3, 0.4) is 0 Å². The summed E-state index contributed by atoms with van der Waals surface area (Å²) in [5.41, 5.74) is 12.6. The van der Waals surface area contributed by atoms with Gasteiger partial charge in [-0.05, 0) is 48.7 Å². The first-order valence-electron chi connectivity index (χ1n) is 7.70. The van der Waals surface area contributed by atoms with E-state index < -0.39 is 0 Å². The van der Waals surface area contributed by atoms with E-state index in [-0.39, 0.29) is 0 Å². The molecular formula is C18H17N5S. The summed E-state index contributed by atoms with van der Waals surface area (Å²) in [7, 11) is 0. The van der Waals surface area contributed by atoms with Crippen LogP contribution in [-0.4, -0.2) is 19.7 Å². The van der Waals surface area contributed by atoms with Gasteiger partial charge in [0.1, 0.15) is 5.01 Å². The van der Waals surface area contributed by atoms with E-state index in [0.717, 1.165) is 28.1 Å². The van der Waals surface area contributed by atoms with Gasteiger partial charge in [0.05, 0.1) is 17.4 Å². The highest BCUT2D eigenvalue weighted by atomic mass is 32.1. The minimum Gasteiger partial charge on any atom is -0.374 e. The van der Waals surface area contributed by atoms with Crippen LogP contribution in [0.1, 0.15) is 16.7 Å². The van der Waals surface area contributed by atoms with Crippen LogP contribution in [0.2, 0.25) is 0 Å². The number of hydrogen-bond acceptors (Lipinski definition) is 5. The minimum atomic E-state index is 0.477. The lowest BCUT2D eigenvalue weighted by Gasteiger charge is -2.07. The number of nitrogens with two attached hydrogens (primary N) is 1. The zero-order valence-electron chi connectivity index (χ0n) is 13.5. The highest BCUT2D eigenvalue weighted by Gasteiger charge is 2.09. The smallest absolute Gasteiger partial charge is 0.203 e. The summed E-state index contributed by atoms with van der Waals surface area (Å²) in [4.78, 5) is 4.54. The molecule has 6 heteroatoms. The van der Waals surface area contributed by atoms with Gasteiger partial charge in [-0.15, -0.1) is 10.2 Å². The summed E-state index contributed by atoms with van der Waals surface area (Å²) >= 11 is 1.38. The first kappa shape index (κ1) is 14.8. The predicted octanol–water partition coefficient (Wildman–Crippen LogP) is 3.80. The molecule has 0 radical (unpaired) electrons. The number of benzene rings is 2. The van der Waals surface area contributed by atoms with Crippen LogP contribution in [0.5, 0.6) is 0 Å². The molecule has 0 amide bonds. The number of hydrogen-bond donors (Lipinski definition) is 1. The average Bonchev–Trinajstić information content (AvgIpc) is 3.17. The third-order valence-electron chi connectivity index (χ3n) is 4.23. The van der Waals surface area contributed by atoms with Gasteiger partial charge in [0.25, 0.3) is 0 Å². The quantitative estimate of drug-likeness (QED) is 0.618. The molecule has 0 aliphatic rings. The Balaban J connectivity index is 1.68. The number of nitrogen functional groups attached to an aromatic ring is 1. The summed E-state index contributed by atoms with van der Waals surface area (Å²) in [5.74, 6) is 0. The number of fused-ring (bicyclic) bond motifs is 1. The Labute approximate surface area is 143 Å². The summed E-state index contributed by atoms with van der Waals surface area (Å²) in [6, 6.07) is 12.7. The Bertz CT molecular complexity index is 1030. The number of anilines is 1. The maximum Gasteiger partial charge on any atom is 0.203 e. The zero-order valence-corrected chi connectivity index (χ0v) is 14.3. The number of nitrogens with zero attached hydrogens (tertiary/aromatic N) is 4. The van der Waals surface area contributed by atoms with E-state index in [4.69, 9.17) is 5.73 Å². The van der Waals surface area contributed by atoms with Crippen LogP contribution in [0.15, 0.2) is 42.7 Å². The highest BCUT2D eigenvalue weighted by molar-refractivity contribution is 7.18. The summed E-state index contributed by atoms with van der Waals surface area (Å²) in [6.07, 6.45) is 1.89. The molecule has 0 unspecified atom stereocenters. The van der Waals surface area contributed by atoms with Crippen LogP contribution in [0.4, 0.5) is 5.13 Å². The van der Waals surface area contributed by atoms with E-state index in [1.807, 2.05) is 18.5 Å². The first-order valence-corrected chi connectivity index (χ1v) is 8.52. The fraction of sp³-hybridized carbons (Fsp3) is 0.167. The van der Waals surface area contributed by atoms with Gasteiger partial charge in [-0.1, -0.05) is 29.5 Å². The second-order valence-electron chi connectivity index (χ2n) is 5.94. The van der Waals surface area contributed by atoms with Gasteiger partial charge in [0, 0.05) is 12.1 Å². The molecule has 2 heterocycles. The van der Waals surface area contributed by atoms with Crippen molar-refractivity contribution in [3.8, 4) is 10.6 Å². The SMILES string of the molecule is Cc1ccc(Cn2cnc3cc(-c4nnc(N)s4)ccc32)cc1C. The molecule has 2 aromatic heterocycles. The van der Waals surface area contributed by atoms with Gasteiger partial charge in [-0.25, -0.2) is 4.98 Å². The van der Waals surface area contributed by atoms with Crippen molar-refractivity contribution in [1.82, 2.24) is 19.7 Å². The molecular weight excluding hydrogens is 318 g/mol. The lowest BCUT2D eigenvalue weighted by molar-refractivity contribution is 0.823. The standard InChI is InChI=1S/C18H17N5S/c1-11-3-4-13(7-12(11)2)9-23-10-20-15-8-14(5-6-16(15)23)17-21-22-18(19)24-17/h3-8,10H,9H2,1-2H3,(H2,19,22). The second kappa shape index (κ2) is 5.72. The van der Waals surface area contributed by atoms with E-state index >= 15 is 0 Å². The average molecular weight is 335 g/mol. The van der Waals surface area contributed by atoms with E-state index in [0.29, 0.717) is 5.13 Å². The van der Waals surface area contributed by atoms with E-state index in [2.05, 4.69) is 57.9 Å². The Morgan fingerprint density at radius 1 is 1.04 bits per heavy atom. The molecule has 0 atom stereocenters. The third-order valence-corrected chi connectivity index (χ3v) is 5.03. The van der Waals surface area contributed by atoms with Gasteiger partial charge in [-0.3, -0.25) is 0 Å². The summed E-state index contributed by atoms with van der Waals surface area (Å²) in [5, 5.41) is 9.26. The largest absolute Gasteiger partial charge is 0.374 e. The molecule has 0 fully saturated rings. The van der Waals surface area contributed by atoms with Crippen molar-refractivity contribution in [1.29, 1.82) is 0 Å². The molecule has 24 heavy (non-hydrogen) atoms. The Hall–Kier alpha value is -2.73. The monoisotopic (exact) mass is 335 g/mol. The molecule has 2 N–H and O–H groups in total. The Morgan fingerprint density at radius 2 is 1.92 bits per heavy atom. The fourth-order valence-electron chi connectivity index (χ4n) is 2.77. The number of imidazole rings is 1. The molecule has 0 bridgehead atoms. The molecule has 0 aliphatic carbocycles. The molecule has 0 aliphatic heterocycles. The summed E-state index contributed by atoms with van der Waals surface area (Å²) in [6.45, 7) is 5.08. The number of aromatic nitrogens is 4. The number of rotatable bonds is 3. The fourth-order valence-corrected chi connectivity index (χ4v) is 3.38. The maximum absolute atomic E-state index is 5.67. The molecule has 0 saturated carbocycles. The van der Waals surface area contributed by atoms with Crippen molar-refractivity contribution >= 4 is 27.5 Å². The Kier molecular flexibility index (Phi) is 3.54. The predicted molar refractivity (Wildman–Crippen MR) is 98.1 cm³/mol. The molecule has 4 rings (SSSR count).